The lowest BCUT2D eigenvalue weighted by Crippen LogP contribution is -2.46. The summed E-state index contributed by atoms with van der Waals surface area (Å²) in [5.41, 5.74) is 3.88. The van der Waals surface area contributed by atoms with E-state index in [9.17, 15) is 14.7 Å². The van der Waals surface area contributed by atoms with E-state index in [1.807, 2.05) is 24.3 Å². The molecule has 7 heteroatoms. The topological polar surface area (TPSA) is 70.1 Å². The Kier molecular flexibility index (Phi) is 9.39. The molecule has 39 heavy (non-hydrogen) atoms. The minimum atomic E-state index is -1.02. The summed E-state index contributed by atoms with van der Waals surface area (Å²) in [7, 11) is 1.66. The second kappa shape index (κ2) is 12.7. The van der Waals surface area contributed by atoms with Crippen molar-refractivity contribution in [3.8, 4) is 5.75 Å². The fraction of sp³-hybridized carbons (Fsp3) is 0.438. The van der Waals surface area contributed by atoms with Crippen molar-refractivity contribution < 1.29 is 19.4 Å². The fourth-order valence-corrected chi connectivity index (χ4v) is 6.14. The maximum atomic E-state index is 12.7. The van der Waals surface area contributed by atoms with Crippen molar-refractivity contribution in [2.75, 3.05) is 38.2 Å². The van der Waals surface area contributed by atoms with Gasteiger partial charge in [0.15, 0.2) is 0 Å². The molecule has 4 rings (SSSR count). The first-order valence-corrected chi connectivity index (χ1v) is 14.1. The van der Waals surface area contributed by atoms with E-state index in [0.29, 0.717) is 18.7 Å². The Morgan fingerprint density at radius 2 is 2.03 bits per heavy atom. The summed E-state index contributed by atoms with van der Waals surface area (Å²) >= 11 is 6.35. The van der Waals surface area contributed by atoms with Gasteiger partial charge in [-0.25, -0.2) is 0 Å². The minimum Gasteiger partial charge on any atom is -0.490 e. The Morgan fingerprint density at radius 3 is 2.77 bits per heavy atom. The van der Waals surface area contributed by atoms with Crippen molar-refractivity contribution in [2.45, 2.75) is 56.3 Å². The number of likely N-dealkylation sites (N-methyl/N-ethyl adjacent to an activating group) is 1. The molecule has 2 atom stereocenters. The van der Waals surface area contributed by atoms with Crippen LogP contribution in [0.15, 0.2) is 61.7 Å². The Hall–Kier alpha value is -3.25. The summed E-state index contributed by atoms with van der Waals surface area (Å²) in [5, 5.41) is 10.8. The SMILES string of the molecule is C=CCCCCN1C[C@@]2(CCCc3cc(Cl)ccc32)COc2ccc(C(CC(=O)N(C)CC=C)C(=O)O)cc21. The molecule has 1 unspecified atom stereocenters. The van der Waals surface area contributed by atoms with E-state index in [4.69, 9.17) is 16.3 Å². The number of benzene rings is 2. The Bertz CT molecular complexity index is 1230. The van der Waals surface area contributed by atoms with E-state index in [1.54, 1.807) is 19.2 Å². The van der Waals surface area contributed by atoms with Crippen molar-refractivity contribution in [2.24, 2.45) is 0 Å². The van der Waals surface area contributed by atoms with Gasteiger partial charge < -0.3 is 19.6 Å². The third kappa shape index (κ3) is 6.50. The summed E-state index contributed by atoms with van der Waals surface area (Å²) in [6.07, 6.45) is 9.48. The summed E-state index contributed by atoms with van der Waals surface area (Å²) < 4.78 is 6.51. The predicted octanol–water partition coefficient (Wildman–Crippen LogP) is 6.37. The van der Waals surface area contributed by atoms with Gasteiger partial charge in [-0.1, -0.05) is 35.9 Å². The van der Waals surface area contributed by atoms with Gasteiger partial charge >= 0.3 is 5.97 Å². The quantitative estimate of drug-likeness (QED) is 0.260. The van der Waals surface area contributed by atoms with E-state index in [2.05, 4.69) is 30.2 Å². The summed E-state index contributed by atoms with van der Waals surface area (Å²) in [6.45, 7) is 10.0. The summed E-state index contributed by atoms with van der Waals surface area (Å²) in [4.78, 5) is 28.9. The highest BCUT2D eigenvalue weighted by Gasteiger charge is 2.42. The van der Waals surface area contributed by atoms with E-state index in [1.165, 1.54) is 16.0 Å². The van der Waals surface area contributed by atoms with Crippen LogP contribution in [-0.2, 0) is 21.4 Å². The molecular formula is C32H39ClN2O4. The van der Waals surface area contributed by atoms with Gasteiger partial charge in [-0.15, -0.1) is 13.2 Å². The molecule has 0 saturated carbocycles. The number of aliphatic carboxylic acids is 1. The Balaban J connectivity index is 1.70. The number of carboxylic acids is 1. The standard InChI is InChI=1S/C32H39ClN2O4/c1-4-6-7-8-17-35-21-32(15-9-10-24-18-25(33)12-13-27(24)32)22-39-29-14-11-23(19-28(29)35)26(31(37)38)20-30(36)34(3)16-5-2/h4-5,11-14,18-19,26H,1-2,6-10,15-17,20-22H2,3H3,(H,37,38)/t26?,32-/m0/s1. The average Bonchev–Trinajstić information content (AvgIpc) is 3.06. The zero-order chi connectivity index (χ0) is 28.0. The van der Waals surface area contributed by atoms with E-state index < -0.39 is 11.9 Å². The molecule has 1 aliphatic heterocycles. The van der Waals surface area contributed by atoms with E-state index in [0.717, 1.165) is 68.1 Å². The lowest BCUT2D eigenvalue weighted by Gasteiger charge is -2.41. The third-order valence-corrected chi connectivity index (χ3v) is 8.29. The number of anilines is 1. The van der Waals surface area contributed by atoms with Gasteiger partial charge in [0.25, 0.3) is 0 Å². The van der Waals surface area contributed by atoms with Gasteiger partial charge in [0.2, 0.25) is 5.91 Å². The largest absolute Gasteiger partial charge is 0.490 e. The zero-order valence-corrected chi connectivity index (χ0v) is 23.6. The summed E-state index contributed by atoms with van der Waals surface area (Å²) in [5.74, 6) is -1.45. The lowest BCUT2D eigenvalue weighted by molar-refractivity contribution is -0.142. The van der Waals surface area contributed by atoms with Crippen molar-refractivity contribution >= 4 is 29.2 Å². The molecule has 2 aromatic rings. The monoisotopic (exact) mass is 550 g/mol. The second-order valence-corrected chi connectivity index (χ2v) is 11.3. The number of hydrogen-bond acceptors (Lipinski definition) is 4. The average molecular weight is 551 g/mol. The molecule has 0 saturated heterocycles. The zero-order valence-electron chi connectivity index (χ0n) is 22.8. The number of carbonyl (C=O) groups is 2. The summed E-state index contributed by atoms with van der Waals surface area (Å²) in [6, 6.07) is 11.8. The van der Waals surface area contributed by atoms with E-state index >= 15 is 0 Å². The number of amides is 1. The van der Waals surface area contributed by atoms with Crippen LogP contribution in [0, 0.1) is 0 Å². The molecule has 1 N–H and O–H groups in total. The van der Waals surface area contributed by atoms with Crippen LogP contribution in [0.3, 0.4) is 0 Å². The Labute approximate surface area is 236 Å². The van der Waals surface area contributed by atoms with Crippen molar-refractivity contribution in [1.29, 1.82) is 0 Å². The van der Waals surface area contributed by atoms with Crippen LogP contribution in [0.5, 0.6) is 5.75 Å². The first-order chi connectivity index (χ1) is 18.8. The molecule has 1 heterocycles. The third-order valence-electron chi connectivity index (χ3n) is 8.06. The first-order valence-electron chi connectivity index (χ1n) is 13.8. The van der Waals surface area contributed by atoms with Crippen LogP contribution in [0.1, 0.15) is 61.1 Å². The van der Waals surface area contributed by atoms with Crippen LogP contribution in [0.4, 0.5) is 5.69 Å². The maximum absolute atomic E-state index is 12.7. The van der Waals surface area contributed by atoms with Crippen molar-refractivity contribution in [3.63, 3.8) is 0 Å². The molecule has 6 nitrogen and oxygen atoms in total. The number of halogens is 1. The van der Waals surface area contributed by atoms with Crippen LogP contribution in [0.2, 0.25) is 5.02 Å². The number of carboxylic acid groups (broad SMARTS) is 1. The number of rotatable bonds is 11. The van der Waals surface area contributed by atoms with Gasteiger partial charge in [-0.2, -0.15) is 0 Å². The molecule has 0 radical (unpaired) electrons. The minimum absolute atomic E-state index is 0.114. The number of aryl methyl sites for hydroxylation is 1. The molecule has 1 aliphatic carbocycles. The molecule has 208 valence electrons. The highest BCUT2D eigenvalue weighted by molar-refractivity contribution is 6.30. The molecule has 0 bridgehead atoms. The number of hydrogen-bond donors (Lipinski definition) is 1. The van der Waals surface area contributed by atoms with Crippen molar-refractivity contribution in [3.05, 3.63) is 83.4 Å². The van der Waals surface area contributed by atoms with Gasteiger partial charge in [-0.05, 0) is 79.5 Å². The smallest absolute Gasteiger partial charge is 0.311 e. The highest BCUT2D eigenvalue weighted by atomic mass is 35.5. The number of carbonyl (C=O) groups excluding carboxylic acids is 1. The molecule has 2 aromatic carbocycles. The number of nitrogens with zero attached hydrogens (tertiary/aromatic N) is 2. The molecule has 1 spiro atoms. The van der Waals surface area contributed by atoms with Gasteiger partial charge in [0.05, 0.1) is 18.2 Å². The van der Waals surface area contributed by atoms with Crippen LogP contribution in [0.25, 0.3) is 0 Å². The van der Waals surface area contributed by atoms with Gasteiger partial charge in [0.1, 0.15) is 5.75 Å². The maximum Gasteiger partial charge on any atom is 0.311 e. The second-order valence-electron chi connectivity index (χ2n) is 10.8. The highest BCUT2D eigenvalue weighted by Crippen LogP contribution is 2.45. The normalized spacial score (nSPS) is 18.8. The lowest BCUT2D eigenvalue weighted by atomic mass is 9.70. The van der Waals surface area contributed by atoms with Gasteiger partial charge in [0, 0.05) is 43.5 Å². The number of allylic oxidation sites excluding steroid dienone is 1. The number of fused-ring (bicyclic) bond motifs is 3. The molecule has 1 amide bonds. The fourth-order valence-electron chi connectivity index (χ4n) is 5.95. The predicted molar refractivity (Wildman–Crippen MR) is 157 cm³/mol. The molecular weight excluding hydrogens is 512 g/mol. The van der Waals surface area contributed by atoms with Crippen LogP contribution < -0.4 is 9.64 Å². The molecule has 2 aliphatic rings. The number of ether oxygens (including phenoxy) is 1. The van der Waals surface area contributed by atoms with Crippen LogP contribution >= 0.6 is 11.6 Å². The van der Waals surface area contributed by atoms with Crippen molar-refractivity contribution in [1.82, 2.24) is 4.90 Å². The molecule has 0 fully saturated rings. The first kappa shape index (κ1) is 28.8. The molecule has 0 aromatic heterocycles. The van der Waals surface area contributed by atoms with Crippen LogP contribution in [-0.4, -0.2) is 55.2 Å². The van der Waals surface area contributed by atoms with Gasteiger partial charge in [-0.3, -0.25) is 9.59 Å². The Morgan fingerprint density at radius 1 is 1.21 bits per heavy atom. The van der Waals surface area contributed by atoms with E-state index in [-0.39, 0.29) is 17.7 Å². The number of unbranched alkanes of at least 4 members (excludes halogenated alkanes) is 2.